The lowest BCUT2D eigenvalue weighted by atomic mass is 10.2. The monoisotopic (exact) mass is 157 g/mol. The zero-order chi connectivity index (χ0) is 8.65. The molecule has 0 bridgehead atoms. The Labute approximate surface area is 74.2 Å². The van der Waals surface area contributed by atoms with Gasteiger partial charge < -0.3 is 0 Å². The van der Waals surface area contributed by atoms with E-state index in [4.69, 9.17) is 0 Å². The first-order valence-corrected chi connectivity index (χ1v) is 4.18. The van der Waals surface area contributed by atoms with E-state index in [1.165, 1.54) is 5.56 Å². The minimum Gasteiger partial charge on any atom is -0.125 e. The molecule has 12 heavy (non-hydrogen) atoms. The quantitative estimate of drug-likeness (QED) is 0.589. The van der Waals surface area contributed by atoms with E-state index < -0.39 is 0 Å². The van der Waals surface area contributed by atoms with Gasteiger partial charge in [0.2, 0.25) is 0 Å². The highest BCUT2D eigenvalue weighted by atomic mass is 13.8. The van der Waals surface area contributed by atoms with Crippen LogP contribution in [0, 0.1) is 6.92 Å². The predicted octanol–water partition coefficient (Wildman–Crippen LogP) is 3.47. The second kappa shape index (κ2) is 5.40. The predicted molar refractivity (Wildman–Crippen MR) is 53.6 cm³/mol. The van der Waals surface area contributed by atoms with Crippen LogP contribution in [0.5, 0.6) is 0 Å². The summed E-state index contributed by atoms with van der Waals surface area (Å²) in [6, 6.07) is 10.2. The van der Waals surface area contributed by atoms with Gasteiger partial charge in [0.15, 0.2) is 0 Å². The molecule has 61 valence electrons. The molecule has 0 N–H and O–H groups in total. The molecule has 0 aliphatic carbocycles. The van der Waals surface area contributed by atoms with Crippen LogP contribution in [-0.2, 0) is 0 Å². The van der Waals surface area contributed by atoms with Gasteiger partial charge in [-0.25, -0.2) is 0 Å². The Morgan fingerprint density at radius 1 is 1.25 bits per heavy atom. The molecule has 0 spiro atoms. The number of unbranched alkanes of at least 4 members (excludes halogenated alkanes) is 1. The second-order valence-electron chi connectivity index (χ2n) is 2.57. The summed E-state index contributed by atoms with van der Waals surface area (Å²) in [7, 11) is 0. The molecule has 1 aromatic carbocycles. The standard InChI is InChI=1S/C12H13/c1-2-3-4-6-9-12-10-7-5-8-11-12/h4-5,7-11H,1-3H2. The first kappa shape index (κ1) is 8.83. The molecule has 0 nitrogen and oxygen atoms in total. The molecular weight excluding hydrogens is 144 g/mol. The summed E-state index contributed by atoms with van der Waals surface area (Å²) in [5, 5.41) is 0. The molecular formula is C12H13. The van der Waals surface area contributed by atoms with E-state index >= 15 is 0 Å². The van der Waals surface area contributed by atoms with Gasteiger partial charge in [-0.1, -0.05) is 37.3 Å². The highest BCUT2D eigenvalue weighted by Crippen LogP contribution is 1.99. The van der Waals surface area contributed by atoms with Crippen molar-refractivity contribution in [3.63, 3.8) is 0 Å². The van der Waals surface area contributed by atoms with Gasteiger partial charge in [-0.15, -0.1) is 5.73 Å². The van der Waals surface area contributed by atoms with Crippen LogP contribution in [0.15, 0.2) is 42.1 Å². The van der Waals surface area contributed by atoms with Crippen molar-refractivity contribution in [1.29, 1.82) is 0 Å². The molecule has 0 heterocycles. The van der Waals surface area contributed by atoms with Crippen molar-refractivity contribution < 1.29 is 0 Å². The highest BCUT2D eigenvalue weighted by Gasteiger charge is 1.78. The Morgan fingerprint density at radius 2 is 2.00 bits per heavy atom. The molecule has 0 aliphatic heterocycles. The van der Waals surface area contributed by atoms with E-state index in [2.05, 4.69) is 24.8 Å². The Bertz CT molecular complexity index is 263. The van der Waals surface area contributed by atoms with E-state index in [0.29, 0.717) is 0 Å². The van der Waals surface area contributed by atoms with Gasteiger partial charge in [-0.2, -0.15) is 0 Å². The van der Waals surface area contributed by atoms with Crippen LogP contribution in [0.4, 0.5) is 0 Å². The molecule has 0 heteroatoms. The van der Waals surface area contributed by atoms with Crippen molar-refractivity contribution in [1.82, 2.24) is 0 Å². The molecule has 0 fully saturated rings. The third-order valence-corrected chi connectivity index (χ3v) is 1.52. The molecule has 0 aromatic heterocycles. The molecule has 0 aliphatic rings. The molecule has 1 rings (SSSR count). The van der Waals surface area contributed by atoms with Gasteiger partial charge in [-0.3, -0.25) is 0 Å². The molecule has 0 saturated carbocycles. The number of benzene rings is 1. The third-order valence-electron chi connectivity index (χ3n) is 1.52. The van der Waals surface area contributed by atoms with Gasteiger partial charge >= 0.3 is 0 Å². The maximum absolute atomic E-state index is 3.75. The van der Waals surface area contributed by atoms with Crippen LogP contribution >= 0.6 is 0 Å². The minimum atomic E-state index is 0.940. The van der Waals surface area contributed by atoms with E-state index in [1.54, 1.807) is 0 Å². The van der Waals surface area contributed by atoms with E-state index in [-0.39, 0.29) is 0 Å². The molecule has 0 atom stereocenters. The van der Waals surface area contributed by atoms with Crippen LogP contribution in [-0.4, -0.2) is 0 Å². The van der Waals surface area contributed by atoms with E-state index in [0.717, 1.165) is 12.8 Å². The van der Waals surface area contributed by atoms with Crippen molar-refractivity contribution in [3.8, 4) is 0 Å². The minimum absolute atomic E-state index is 0.940. The molecule has 0 unspecified atom stereocenters. The van der Waals surface area contributed by atoms with E-state index in [9.17, 15) is 0 Å². The molecule has 1 aromatic rings. The fourth-order valence-corrected chi connectivity index (χ4v) is 0.890. The van der Waals surface area contributed by atoms with Crippen molar-refractivity contribution in [3.05, 3.63) is 54.6 Å². The summed E-state index contributed by atoms with van der Waals surface area (Å²) in [4.78, 5) is 0. The summed E-state index contributed by atoms with van der Waals surface area (Å²) in [6.45, 7) is 3.75. The average molecular weight is 157 g/mol. The maximum Gasteiger partial charge on any atom is -0.0131 e. The highest BCUT2D eigenvalue weighted by molar-refractivity contribution is 5.47. The third kappa shape index (κ3) is 3.23. The van der Waals surface area contributed by atoms with Crippen LogP contribution in [0.25, 0.3) is 6.08 Å². The van der Waals surface area contributed by atoms with Gasteiger partial charge in [0.25, 0.3) is 0 Å². The fourth-order valence-electron chi connectivity index (χ4n) is 0.890. The van der Waals surface area contributed by atoms with Gasteiger partial charge in [0, 0.05) is 0 Å². The van der Waals surface area contributed by atoms with Gasteiger partial charge in [0.05, 0.1) is 0 Å². The fraction of sp³-hybridized carbons (Fsp3) is 0.167. The summed E-state index contributed by atoms with van der Waals surface area (Å²) < 4.78 is 0. The van der Waals surface area contributed by atoms with Crippen LogP contribution in [0.1, 0.15) is 18.4 Å². The first-order chi connectivity index (χ1) is 5.93. The lowest BCUT2D eigenvalue weighted by Crippen LogP contribution is -1.65. The summed E-state index contributed by atoms with van der Waals surface area (Å²) in [5.41, 5.74) is 4.31. The van der Waals surface area contributed by atoms with Gasteiger partial charge in [0.1, 0.15) is 0 Å². The van der Waals surface area contributed by atoms with Crippen LogP contribution < -0.4 is 0 Å². The molecule has 0 saturated heterocycles. The summed E-state index contributed by atoms with van der Waals surface area (Å²) >= 11 is 0. The number of hydrogen-bond donors (Lipinski definition) is 0. The topological polar surface area (TPSA) is 0 Å². The summed E-state index contributed by atoms with van der Waals surface area (Å²) in [6.07, 6.45) is 5.94. The van der Waals surface area contributed by atoms with Crippen LogP contribution in [0.2, 0.25) is 0 Å². The lowest BCUT2D eigenvalue weighted by Gasteiger charge is -1.86. The average Bonchev–Trinajstić information content (AvgIpc) is 2.14. The first-order valence-electron chi connectivity index (χ1n) is 4.18. The van der Waals surface area contributed by atoms with E-state index in [1.807, 2.05) is 30.4 Å². The van der Waals surface area contributed by atoms with Crippen molar-refractivity contribution >= 4 is 6.08 Å². The number of allylic oxidation sites excluding steroid dienone is 1. The summed E-state index contributed by atoms with van der Waals surface area (Å²) in [5.74, 6) is 0. The number of hydrogen-bond acceptors (Lipinski definition) is 0. The Morgan fingerprint density at radius 3 is 2.67 bits per heavy atom. The Balaban J connectivity index is 2.57. The SMILES string of the molecule is [CH2]CCC=C=Cc1ccccc1. The van der Waals surface area contributed by atoms with Gasteiger partial charge in [-0.05, 0) is 30.6 Å². The second-order valence-corrected chi connectivity index (χ2v) is 2.57. The van der Waals surface area contributed by atoms with Crippen molar-refractivity contribution in [2.45, 2.75) is 12.8 Å². The molecule has 1 radical (unpaired) electrons. The normalized spacial score (nSPS) is 8.75. The Hall–Kier alpha value is -1.26. The van der Waals surface area contributed by atoms with Crippen molar-refractivity contribution in [2.24, 2.45) is 0 Å². The number of rotatable bonds is 3. The zero-order valence-corrected chi connectivity index (χ0v) is 7.16. The largest absolute Gasteiger partial charge is 0.125 e. The van der Waals surface area contributed by atoms with Crippen molar-refractivity contribution in [2.75, 3.05) is 0 Å². The lowest BCUT2D eigenvalue weighted by molar-refractivity contribution is 1.05. The smallest absolute Gasteiger partial charge is 0.0131 e. The van der Waals surface area contributed by atoms with Crippen LogP contribution in [0.3, 0.4) is 0 Å². The maximum atomic E-state index is 3.75. The molecule has 0 amide bonds. The Kier molecular flexibility index (Phi) is 3.97. The zero-order valence-electron chi connectivity index (χ0n) is 7.16.